The molecule has 1 unspecified atom stereocenters. The normalized spacial score (nSPS) is 15.2. The zero-order valence-electron chi connectivity index (χ0n) is 29.5. The van der Waals surface area contributed by atoms with Gasteiger partial charge in [0.1, 0.15) is 5.78 Å². The molecule has 13 nitrogen and oxygen atoms in total. The number of urea groups is 1. The van der Waals surface area contributed by atoms with Crippen LogP contribution in [-0.4, -0.2) is 73.4 Å². The first-order valence-corrected chi connectivity index (χ1v) is 18.1. The second kappa shape index (κ2) is 17.5. The van der Waals surface area contributed by atoms with Crippen LogP contribution in [0.2, 0.25) is 0 Å². The van der Waals surface area contributed by atoms with E-state index < -0.39 is 11.9 Å². The number of carbonyl (C=O) groups excluding carboxylic acids is 4. The van der Waals surface area contributed by atoms with Crippen LogP contribution in [0.1, 0.15) is 86.0 Å². The van der Waals surface area contributed by atoms with Gasteiger partial charge in [-0.2, -0.15) is 5.10 Å². The highest BCUT2D eigenvalue weighted by atomic mass is 16.4. The topological polar surface area (TPSA) is 174 Å². The number of amides is 4. The molecular formula is C40H43N7O6. The number of nitrogens with zero attached hydrogens (tertiary/aromatic N) is 5. The number of nitrogens with one attached hydrogen (secondary N) is 2. The third kappa shape index (κ3) is 9.88. The van der Waals surface area contributed by atoms with Crippen molar-refractivity contribution in [1.29, 1.82) is 0 Å². The largest absolute Gasteiger partial charge is 0.481 e. The smallest absolute Gasteiger partial charge is 0.322 e. The Morgan fingerprint density at radius 3 is 2.45 bits per heavy atom. The fourth-order valence-corrected chi connectivity index (χ4v) is 6.59. The van der Waals surface area contributed by atoms with Crippen LogP contribution in [0.15, 0.2) is 84.4 Å². The van der Waals surface area contributed by atoms with Crippen LogP contribution in [0.4, 0.5) is 10.5 Å². The second-order valence-corrected chi connectivity index (χ2v) is 13.4. The number of carboxylic acids is 1. The van der Waals surface area contributed by atoms with Gasteiger partial charge in [0, 0.05) is 81.5 Å². The Labute approximate surface area is 307 Å². The van der Waals surface area contributed by atoms with E-state index in [0.717, 1.165) is 64.6 Å². The zero-order valence-corrected chi connectivity index (χ0v) is 29.5. The molecule has 0 radical (unpaired) electrons. The molecule has 0 spiro atoms. The Hall–Kier alpha value is -5.98. The summed E-state index contributed by atoms with van der Waals surface area (Å²) in [7, 11) is 0. The Morgan fingerprint density at radius 1 is 0.849 bits per heavy atom. The van der Waals surface area contributed by atoms with Gasteiger partial charge in [0.2, 0.25) is 5.91 Å². The van der Waals surface area contributed by atoms with Crippen molar-refractivity contribution in [2.45, 2.75) is 76.8 Å². The van der Waals surface area contributed by atoms with E-state index >= 15 is 0 Å². The van der Waals surface area contributed by atoms with Crippen molar-refractivity contribution < 1.29 is 29.1 Å². The third-order valence-corrected chi connectivity index (χ3v) is 9.57. The molecular weight excluding hydrogens is 674 g/mol. The van der Waals surface area contributed by atoms with E-state index in [2.05, 4.69) is 20.6 Å². The quantitative estimate of drug-likeness (QED) is 0.122. The highest BCUT2D eigenvalue weighted by Crippen LogP contribution is 2.31. The molecule has 0 saturated carbocycles. The maximum Gasteiger partial charge on any atom is 0.322 e. The molecule has 2 aromatic heterocycles. The Kier molecular flexibility index (Phi) is 12.1. The molecule has 4 heterocycles. The van der Waals surface area contributed by atoms with E-state index in [0.29, 0.717) is 38.3 Å². The molecule has 2 aliphatic rings. The van der Waals surface area contributed by atoms with Gasteiger partial charge in [-0.15, -0.1) is 0 Å². The molecule has 4 aromatic rings. The minimum absolute atomic E-state index is 0.0372. The number of hydrogen-bond acceptors (Lipinski definition) is 8. The molecule has 0 saturated heterocycles. The number of aromatic nitrogens is 2. The molecule has 6 rings (SSSR count). The first kappa shape index (κ1) is 36.8. The van der Waals surface area contributed by atoms with E-state index in [9.17, 15) is 24.0 Å². The van der Waals surface area contributed by atoms with E-state index in [1.54, 1.807) is 28.5 Å². The Balaban J connectivity index is 1.04. The van der Waals surface area contributed by atoms with Crippen LogP contribution in [0.3, 0.4) is 0 Å². The van der Waals surface area contributed by atoms with Gasteiger partial charge in [0.25, 0.3) is 5.91 Å². The number of unbranched alkanes of at least 4 members (excludes halogenated alkanes) is 3. The standard InChI is InChI=1S/C40H43N7O6/c48-33(14-16-38(50)51)13-15-37(49)43-18-3-1-2-4-21-47-39(52)34(29-8-7-27-6-5-19-42-35(27)22-29)23-36(45-47)28-9-11-32(12-10-28)44-40(53)46-25-30-17-20-41-24-31(30)26-46/h5-12,17,19-20,22,24,34H,1-4,13-16,18,21,23,25-26H2,(H,43,49)(H,44,53)(H,50,51). The summed E-state index contributed by atoms with van der Waals surface area (Å²) in [6.07, 6.45) is 8.64. The molecule has 53 heavy (non-hydrogen) atoms. The SMILES string of the molecule is O=C(O)CCC(=O)CCC(=O)NCCCCCCN1N=C(c2ccc(NC(=O)N3Cc4ccncc4C3)cc2)CC(c2ccc3cccnc3c2)C1=O. The van der Waals surface area contributed by atoms with Crippen molar-refractivity contribution in [2.75, 3.05) is 18.4 Å². The first-order chi connectivity index (χ1) is 25.7. The van der Waals surface area contributed by atoms with Crippen molar-refractivity contribution in [3.05, 3.63) is 102 Å². The van der Waals surface area contributed by atoms with E-state index in [1.807, 2.05) is 60.7 Å². The van der Waals surface area contributed by atoms with Crippen LogP contribution in [0.25, 0.3) is 10.9 Å². The predicted octanol–water partition coefficient (Wildman–Crippen LogP) is 5.79. The average Bonchev–Trinajstić information content (AvgIpc) is 3.61. The van der Waals surface area contributed by atoms with Gasteiger partial charge in [0.05, 0.1) is 23.6 Å². The highest BCUT2D eigenvalue weighted by Gasteiger charge is 2.33. The minimum atomic E-state index is -1.03. The van der Waals surface area contributed by atoms with E-state index in [-0.39, 0.29) is 49.3 Å². The molecule has 4 amide bonds. The lowest BCUT2D eigenvalue weighted by molar-refractivity contribution is -0.138. The number of aliphatic carboxylic acids is 1. The van der Waals surface area contributed by atoms with Crippen molar-refractivity contribution in [1.82, 2.24) is 25.2 Å². The fraction of sp³-hybridized carbons (Fsp3) is 0.350. The van der Waals surface area contributed by atoms with Gasteiger partial charge >= 0.3 is 12.0 Å². The van der Waals surface area contributed by atoms with E-state index in [1.165, 1.54) is 0 Å². The molecule has 2 aromatic carbocycles. The predicted molar refractivity (Wildman–Crippen MR) is 199 cm³/mol. The monoisotopic (exact) mass is 717 g/mol. The van der Waals surface area contributed by atoms with Crippen molar-refractivity contribution in [3.8, 4) is 0 Å². The molecule has 0 bridgehead atoms. The van der Waals surface area contributed by atoms with Crippen LogP contribution in [0.5, 0.6) is 0 Å². The lowest BCUT2D eigenvalue weighted by Crippen LogP contribution is -2.38. The highest BCUT2D eigenvalue weighted by molar-refractivity contribution is 6.06. The van der Waals surface area contributed by atoms with Crippen molar-refractivity contribution in [3.63, 3.8) is 0 Å². The van der Waals surface area contributed by atoms with Gasteiger partial charge in [-0.1, -0.05) is 43.2 Å². The van der Waals surface area contributed by atoms with Gasteiger partial charge < -0.3 is 20.6 Å². The summed E-state index contributed by atoms with van der Waals surface area (Å²) >= 11 is 0. The van der Waals surface area contributed by atoms with Crippen molar-refractivity contribution >= 4 is 51.9 Å². The third-order valence-electron chi connectivity index (χ3n) is 9.57. The van der Waals surface area contributed by atoms with Crippen LogP contribution < -0.4 is 10.6 Å². The number of benzene rings is 2. The zero-order chi connectivity index (χ0) is 37.2. The van der Waals surface area contributed by atoms with Gasteiger partial charge in [-0.3, -0.25) is 29.1 Å². The number of carboxylic acid groups (broad SMARTS) is 1. The number of anilines is 1. The molecule has 1 atom stereocenters. The minimum Gasteiger partial charge on any atom is -0.481 e. The van der Waals surface area contributed by atoms with Gasteiger partial charge in [-0.25, -0.2) is 9.80 Å². The Bertz CT molecular complexity index is 1990. The number of hydrazone groups is 1. The summed E-state index contributed by atoms with van der Waals surface area (Å²) in [6, 6.07) is 19.1. The first-order valence-electron chi connectivity index (χ1n) is 18.1. The number of rotatable bonds is 16. The number of hydrogen-bond donors (Lipinski definition) is 3. The summed E-state index contributed by atoms with van der Waals surface area (Å²) < 4.78 is 0. The number of pyridine rings is 2. The molecule has 0 fully saturated rings. The number of ketones is 1. The average molecular weight is 718 g/mol. The molecule has 274 valence electrons. The molecule has 13 heteroatoms. The second-order valence-electron chi connectivity index (χ2n) is 13.4. The van der Waals surface area contributed by atoms with Crippen molar-refractivity contribution in [2.24, 2.45) is 5.10 Å². The van der Waals surface area contributed by atoms with Gasteiger partial charge in [-0.05, 0) is 65.4 Å². The van der Waals surface area contributed by atoms with Crippen LogP contribution in [0, 0.1) is 0 Å². The summed E-state index contributed by atoms with van der Waals surface area (Å²) in [5.74, 6) is -2.00. The Morgan fingerprint density at radius 2 is 1.64 bits per heavy atom. The van der Waals surface area contributed by atoms with Gasteiger partial charge in [0.15, 0.2) is 0 Å². The number of carbonyl (C=O) groups is 5. The summed E-state index contributed by atoms with van der Waals surface area (Å²) in [5, 5.41) is 21.9. The molecule has 3 N–H and O–H groups in total. The van der Waals surface area contributed by atoms with Crippen LogP contribution >= 0.6 is 0 Å². The summed E-state index contributed by atoms with van der Waals surface area (Å²) in [4.78, 5) is 71.7. The molecule has 2 aliphatic heterocycles. The fourth-order valence-electron chi connectivity index (χ4n) is 6.59. The summed E-state index contributed by atoms with van der Waals surface area (Å²) in [6.45, 7) is 1.97. The maximum atomic E-state index is 13.9. The lowest BCUT2D eigenvalue weighted by atomic mass is 9.88. The number of fused-ring (bicyclic) bond motifs is 2. The van der Waals surface area contributed by atoms with E-state index in [4.69, 9.17) is 10.2 Å². The number of Topliss-reactive ketones (excluding diaryl/α,β-unsaturated/α-hetero) is 1. The molecule has 0 aliphatic carbocycles. The van der Waals surface area contributed by atoms with Crippen LogP contribution in [-0.2, 0) is 32.3 Å². The maximum absolute atomic E-state index is 13.9. The lowest BCUT2D eigenvalue weighted by Gasteiger charge is -2.30. The summed E-state index contributed by atoms with van der Waals surface area (Å²) in [5.41, 5.74) is 6.15.